The number of phenolic OH excluding ortho intramolecular Hbond substituents is 1. The number of imidazole rings is 1. The van der Waals surface area contributed by atoms with Crippen molar-refractivity contribution in [1.29, 1.82) is 0 Å². The van der Waals surface area contributed by atoms with Crippen LogP contribution in [-0.2, 0) is 6.54 Å². The largest absolute Gasteiger partial charge is 0.508 e. The monoisotopic (exact) mass is 272 g/mol. The molecule has 3 rings (SSSR count). The van der Waals surface area contributed by atoms with Gasteiger partial charge in [-0.15, -0.1) is 0 Å². The van der Waals surface area contributed by atoms with Crippen LogP contribution in [0, 0.1) is 0 Å². The number of carboxylic acids is 1. The first-order valence-corrected chi connectivity index (χ1v) is 6.71. The topological polar surface area (TPSA) is 75.3 Å². The number of rotatable bonds is 2. The minimum absolute atomic E-state index is 0.153. The zero-order valence-electron chi connectivity index (χ0n) is 11.2. The Hall–Kier alpha value is -2.30. The van der Waals surface area contributed by atoms with Crippen molar-refractivity contribution >= 4 is 5.97 Å². The highest BCUT2D eigenvalue weighted by atomic mass is 16.4. The number of hydrogen-bond donors (Lipinski definition) is 2. The van der Waals surface area contributed by atoms with Gasteiger partial charge in [0.05, 0.1) is 5.69 Å². The minimum atomic E-state index is -0.979. The van der Waals surface area contributed by atoms with Crippen LogP contribution in [0.4, 0.5) is 0 Å². The Balaban J connectivity index is 2.19. The molecule has 5 heteroatoms. The number of aromatic nitrogens is 2. The lowest BCUT2D eigenvalue weighted by atomic mass is 9.96. The van der Waals surface area contributed by atoms with E-state index in [1.165, 1.54) is 0 Å². The van der Waals surface area contributed by atoms with E-state index in [9.17, 15) is 15.0 Å². The van der Waals surface area contributed by atoms with E-state index in [1.54, 1.807) is 24.3 Å². The van der Waals surface area contributed by atoms with Gasteiger partial charge in [0.2, 0.25) is 0 Å². The van der Waals surface area contributed by atoms with Crippen LogP contribution in [0.3, 0.4) is 0 Å². The predicted molar refractivity (Wildman–Crippen MR) is 73.9 cm³/mol. The summed E-state index contributed by atoms with van der Waals surface area (Å²) in [6, 6.07) is 6.69. The summed E-state index contributed by atoms with van der Waals surface area (Å²) in [6.45, 7) is 2.83. The summed E-state index contributed by atoms with van der Waals surface area (Å²) in [6.07, 6.45) is 2.01. The normalized spacial score (nSPS) is 17.8. The Morgan fingerprint density at radius 3 is 2.70 bits per heavy atom. The zero-order chi connectivity index (χ0) is 14.3. The van der Waals surface area contributed by atoms with Crippen LogP contribution in [0.1, 0.15) is 41.9 Å². The molecule has 104 valence electrons. The van der Waals surface area contributed by atoms with Gasteiger partial charge >= 0.3 is 5.97 Å². The number of phenols is 1. The van der Waals surface area contributed by atoms with Crippen LogP contribution < -0.4 is 0 Å². The van der Waals surface area contributed by atoms with Gasteiger partial charge in [-0.3, -0.25) is 0 Å². The molecule has 0 radical (unpaired) electrons. The molecule has 1 aromatic heterocycles. The maximum absolute atomic E-state index is 11.4. The molecule has 20 heavy (non-hydrogen) atoms. The Kier molecular flexibility index (Phi) is 2.97. The Labute approximate surface area is 116 Å². The molecule has 5 nitrogen and oxygen atoms in total. The Morgan fingerprint density at radius 2 is 2.05 bits per heavy atom. The maximum Gasteiger partial charge on any atom is 0.356 e. The van der Waals surface area contributed by atoms with Crippen LogP contribution in [0.5, 0.6) is 5.75 Å². The van der Waals surface area contributed by atoms with Crippen molar-refractivity contribution in [3.63, 3.8) is 0 Å². The molecule has 1 aliphatic rings. The lowest BCUT2D eigenvalue weighted by Gasteiger charge is -2.22. The summed E-state index contributed by atoms with van der Waals surface area (Å²) in [4.78, 5) is 15.7. The molecule has 1 atom stereocenters. The van der Waals surface area contributed by atoms with Gasteiger partial charge in [-0.25, -0.2) is 9.78 Å². The van der Waals surface area contributed by atoms with Gasteiger partial charge in [0, 0.05) is 12.1 Å². The third-order valence-corrected chi connectivity index (χ3v) is 3.82. The van der Waals surface area contributed by atoms with Crippen LogP contribution in [0.15, 0.2) is 24.3 Å². The van der Waals surface area contributed by atoms with Gasteiger partial charge in [0.25, 0.3) is 0 Å². The highest BCUT2D eigenvalue weighted by Crippen LogP contribution is 2.34. The summed E-state index contributed by atoms with van der Waals surface area (Å²) in [5.41, 5.74) is 1.79. The van der Waals surface area contributed by atoms with Crippen molar-refractivity contribution in [2.75, 3.05) is 0 Å². The third kappa shape index (κ3) is 1.95. The molecular formula is C15H16N2O3. The lowest BCUT2D eigenvalue weighted by molar-refractivity contribution is 0.0688. The second kappa shape index (κ2) is 4.67. The van der Waals surface area contributed by atoms with Gasteiger partial charge in [-0.1, -0.05) is 6.92 Å². The second-order valence-corrected chi connectivity index (χ2v) is 5.22. The molecule has 0 bridgehead atoms. The van der Waals surface area contributed by atoms with E-state index < -0.39 is 5.97 Å². The maximum atomic E-state index is 11.4. The summed E-state index contributed by atoms with van der Waals surface area (Å²) >= 11 is 0. The number of nitrogens with zero attached hydrogens (tertiary/aromatic N) is 2. The fraction of sp³-hybridized carbons (Fsp3) is 0.333. The number of carboxylic acid groups (broad SMARTS) is 1. The van der Waals surface area contributed by atoms with Crippen molar-refractivity contribution in [3.05, 3.63) is 35.7 Å². The van der Waals surface area contributed by atoms with Crippen LogP contribution in [0.25, 0.3) is 11.4 Å². The molecular weight excluding hydrogens is 256 g/mol. The van der Waals surface area contributed by atoms with Crippen LogP contribution in [0.2, 0.25) is 0 Å². The number of hydrogen-bond acceptors (Lipinski definition) is 3. The molecule has 0 saturated heterocycles. The summed E-state index contributed by atoms with van der Waals surface area (Å²) < 4.78 is 2.00. The van der Waals surface area contributed by atoms with Gasteiger partial charge in [0.1, 0.15) is 11.6 Å². The summed E-state index contributed by atoms with van der Waals surface area (Å²) in [5, 5.41) is 18.7. The summed E-state index contributed by atoms with van der Waals surface area (Å²) in [7, 11) is 0. The van der Waals surface area contributed by atoms with E-state index >= 15 is 0 Å². The molecule has 2 aromatic rings. The Morgan fingerprint density at radius 1 is 1.35 bits per heavy atom. The van der Waals surface area contributed by atoms with E-state index in [-0.39, 0.29) is 17.4 Å². The Bertz CT molecular complexity index is 659. The molecule has 0 aliphatic carbocycles. The fourth-order valence-electron chi connectivity index (χ4n) is 2.87. The summed E-state index contributed by atoms with van der Waals surface area (Å²) in [5.74, 6) is 0.0793. The molecule has 0 fully saturated rings. The predicted octanol–water partition coefficient (Wildman–Crippen LogP) is 2.85. The fourth-order valence-corrected chi connectivity index (χ4v) is 2.87. The lowest BCUT2D eigenvalue weighted by Crippen LogP contribution is -2.16. The molecule has 0 amide bonds. The van der Waals surface area contributed by atoms with Gasteiger partial charge in [0.15, 0.2) is 5.69 Å². The van der Waals surface area contributed by atoms with E-state index in [0.29, 0.717) is 5.82 Å². The second-order valence-electron chi connectivity index (χ2n) is 5.22. The zero-order valence-corrected chi connectivity index (χ0v) is 11.2. The average Bonchev–Trinajstić information content (AvgIpc) is 2.81. The number of aromatic hydroxyl groups is 1. The van der Waals surface area contributed by atoms with E-state index in [1.807, 2.05) is 11.5 Å². The molecule has 0 spiro atoms. The molecule has 0 saturated carbocycles. The van der Waals surface area contributed by atoms with Gasteiger partial charge < -0.3 is 14.8 Å². The molecule has 1 aliphatic heterocycles. The van der Waals surface area contributed by atoms with Crippen molar-refractivity contribution in [3.8, 4) is 17.1 Å². The highest BCUT2D eigenvalue weighted by Gasteiger charge is 2.28. The standard InChI is InChI=1S/C15H16N2O3/c1-9-3-2-8-17-13(9)12(15(19)20)16-14(17)10-4-6-11(18)7-5-10/h4-7,9,18H,2-3,8H2,1H3,(H,19,20). The first kappa shape index (κ1) is 12.7. The van der Waals surface area contributed by atoms with Gasteiger partial charge in [-0.2, -0.15) is 0 Å². The molecule has 1 aromatic carbocycles. The number of aromatic carboxylic acids is 1. The average molecular weight is 272 g/mol. The number of carbonyl (C=O) groups is 1. The first-order chi connectivity index (χ1) is 9.58. The van der Waals surface area contributed by atoms with Crippen molar-refractivity contribution in [1.82, 2.24) is 9.55 Å². The molecule has 2 heterocycles. The first-order valence-electron chi connectivity index (χ1n) is 6.71. The molecule has 1 unspecified atom stereocenters. The van der Waals surface area contributed by atoms with E-state index in [4.69, 9.17) is 0 Å². The smallest absolute Gasteiger partial charge is 0.356 e. The van der Waals surface area contributed by atoms with Crippen molar-refractivity contribution in [2.24, 2.45) is 0 Å². The minimum Gasteiger partial charge on any atom is -0.508 e. The number of fused-ring (bicyclic) bond motifs is 1. The number of benzene rings is 1. The van der Waals surface area contributed by atoms with Crippen LogP contribution >= 0.6 is 0 Å². The van der Waals surface area contributed by atoms with E-state index in [0.717, 1.165) is 30.6 Å². The quantitative estimate of drug-likeness (QED) is 0.881. The SMILES string of the molecule is CC1CCCn2c(-c3ccc(O)cc3)nc(C(=O)O)c21. The molecule has 2 N–H and O–H groups in total. The highest BCUT2D eigenvalue weighted by molar-refractivity contribution is 5.88. The van der Waals surface area contributed by atoms with Crippen molar-refractivity contribution in [2.45, 2.75) is 32.2 Å². The third-order valence-electron chi connectivity index (χ3n) is 3.82. The van der Waals surface area contributed by atoms with E-state index in [2.05, 4.69) is 4.98 Å². The van der Waals surface area contributed by atoms with Crippen LogP contribution in [-0.4, -0.2) is 25.7 Å². The van der Waals surface area contributed by atoms with Crippen molar-refractivity contribution < 1.29 is 15.0 Å². The van der Waals surface area contributed by atoms with Gasteiger partial charge in [-0.05, 0) is 43.0 Å².